The maximum atomic E-state index is 13.8. The molecule has 1 aromatic carbocycles. The zero-order valence-corrected chi connectivity index (χ0v) is 18.7. The first-order valence-corrected chi connectivity index (χ1v) is 11.5. The Morgan fingerprint density at radius 3 is 2.55 bits per heavy atom. The van der Waals surface area contributed by atoms with E-state index >= 15 is 0 Å². The number of benzene rings is 1. The van der Waals surface area contributed by atoms with Gasteiger partial charge in [0.25, 0.3) is 0 Å². The fourth-order valence-corrected chi connectivity index (χ4v) is 4.27. The molecule has 2 aromatic heterocycles. The third kappa shape index (κ3) is 6.59. The van der Waals surface area contributed by atoms with E-state index in [1.165, 1.54) is 18.2 Å². The van der Waals surface area contributed by atoms with Gasteiger partial charge in [-0.25, -0.2) is 9.97 Å². The molecule has 0 amide bonds. The summed E-state index contributed by atoms with van der Waals surface area (Å²) in [6.07, 6.45) is -3.95. The van der Waals surface area contributed by atoms with Crippen LogP contribution in [0.1, 0.15) is 24.5 Å². The zero-order chi connectivity index (χ0) is 23.8. The Morgan fingerprint density at radius 1 is 1.06 bits per heavy atom. The van der Waals surface area contributed by atoms with Crippen molar-refractivity contribution in [3.8, 4) is 11.3 Å². The van der Waals surface area contributed by atoms with Gasteiger partial charge in [-0.15, -0.1) is 0 Å². The van der Waals surface area contributed by atoms with Crippen LogP contribution in [0.2, 0.25) is 0 Å². The zero-order valence-electron chi connectivity index (χ0n) is 17.9. The van der Waals surface area contributed by atoms with Crippen LogP contribution in [0.25, 0.3) is 11.3 Å². The van der Waals surface area contributed by atoms with Crippen LogP contribution in [-0.4, -0.2) is 28.5 Å². The Morgan fingerprint density at radius 2 is 1.85 bits per heavy atom. The van der Waals surface area contributed by atoms with E-state index < -0.39 is 28.4 Å². The summed E-state index contributed by atoms with van der Waals surface area (Å²) in [6, 6.07) is 13.3. The first kappa shape index (κ1) is 24.8. The normalized spacial score (nSPS) is 12.7. The molecule has 0 spiro atoms. The molecular weight excluding hydrogens is 456 g/mol. The SMILES string of the molecule is C/C=S(/Nc1ccc(C(F)(F)F)c(-c2ccccc2COCCCN)n1)c1cccc(F)n1. The quantitative estimate of drug-likeness (QED) is 0.179. The van der Waals surface area contributed by atoms with Gasteiger partial charge < -0.3 is 15.2 Å². The van der Waals surface area contributed by atoms with Gasteiger partial charge in [-0.2, -0.15) is 17.6 Å². The van der Waals surface area contributed by atoms with Crippen molar-refractivity contribution in [1.29, 1.82) is 0 Å². The first-order valence-electron chi connectivity index (χ1n) is 10.2. The molecular formula is C23H24F4N4OS. The van der Waals surface area contributed by atoms with Gasteiger partial charge in [0.05, 0.1) is 17.9 Å². The molecule has 3 N–H and O–H groups in total. The number of halogens is 4. The number of pyridine rings is 2. The topological polar surface area (TPSA) is 73.1 Å². The lowest BCUT2D eigenvalue weighted by atomic mass is 10.00. The number of alkyl halides is 3. The maximum absolute atomic E-state index is 13.8. The van der Waals surface area contributed by atoms with E-state index in [1.807, 2.05) is 0 Å². The molecule has 5 nitrogen and oxygen atoms in total. The lowest BCUT2D eigenvalue weighted by Gasteiger charge is -2.18. The molecule has 0 aliphatic carbocycles. The molecule has 0 radical (unpaired) electrons. The number of ether oxygens (including phenoxy) is 1. The van der Waals surface area contributed by atoms with Crippen LogP contribution in [-0.2, 0) is 17.5 Å². The van der Waals surface area contributed by atoms with Gasteiger partial charge in [0.2, 0.25) is 5.95 Å². The van der Waals surface area contributed by atoms with Gasteiger partial charge in [-0.3, -0.25) is 0 Å². The highest BCUT2D eigenvalue weighted by molar-refractivity contribution is 8.16. The molecule has 176 valence electrons. The number of hydrogen-bond donors (Lipinski definition) is 2. The molecule has 1 atom stereocenters. The summed E-state index contributed by atoms with van der Waals surface area (Å²) in [6.45, 7) is 2.75. The first-order chi connectivity index (χ1) is 15.8. The van der Waals surface area contributed by atoms with Crippen LogP contribution in [0.4, 0.5) is 23.4 Å². The highest BCUT2D eigenvalue weighted by atomic mass is 32.2. The van der Waals surface area contributed by atoms with Crippen molar-refractivity contribution in [3.05, 3.63) is 71.7 Å². The van der Waals surface area contributed by atoms with Gasteiger partial charge in [-0.05, 0) is 65.8 Å². The van der Waals surface area contributed by atoms with Gasteiger partial charge in [0.15, 0.2) is 0 Å². The summed E-state index contributed by atoms with van der Waals surface area (Å²) in [7, 11) is -0.867. The van der Waals surface area contributed by atoms with E-state index in [0.717, 1.165) is 6.07 Å². The number of rotatable bonds is 9. The fraction of sp³-hybridized carbons (Fsp3) is 0.261. The highest BCUT2D eigenvalue weighted by Gasteiger charge is 2.35. The van der Waals surface area contributed by atoms with Gasteiger partial charge in [-0.1, -0.05) is 30.3 Å². The van der Waals surface area contributed by atoms with Crippen molar-refractivity contribution in [1.82, 2.24) is 9.97 Å². The van der Waals surface area contributed by atoms with Crippen molar-refractivity contribution >= 4 is 21.9 Å². The minimum atomic E-state index is -4.60. The van der Waals surface area contributed by atoms with E-state index in [4.69, 9.17) is 10.5 Å². The van der Waals surface area contributed by atoms with Crippen LogP contribution >= 0.6 is 10.7 Å². The Hall–Kier alpha value is -2.82. The summed E-state index contributed by atoms with van der Waals surface area (Å²) in [5, 5.41) is 2.16. The molecule has 0 bridgehead atoms. The second-order valence-corrected chi connectivity index (χ2v) is 8.69. The number of hydrogen-bond acceptors (Lipinski definition) is 5. The van der Waals surface area contributed by atoms with Crippen molar-refractivity contribution in [2.75, 3.05) is 17.9 Å². The van der Waals surface area contributed by atoms with Crippen LogP contribution in [0.3, 0.4) is 0 Å². The number of nitrogens with zero attached hydrogens (tertiary/aromatic N) is 2. The molecule has 2 heterocycles. The maximum Gasteiger partial charge on any atom is 0.418 e. The number of anilines is 1. The van der Waals surface area contributed by atoms with Crippen molar-refractivity contribution < 1.29 is 22.3 Å². The van der Waals surface area contributed by atoms with E-state index in [9.17, 15) is 17.6 Å². The predicted molar refractivity (Wildman–Crippen MR) is 123 cm³/mol. The van der Waals surface area contributed by atoms with Crippen LogP contribution in [0, 0.1) is 5.95 Å². The Bertz CT molecular complexity index is 1120. The smallest absolute Gasteiger partial charge is 0.377 e. The molecule has 0 aliphatic rings. The largest absolute Gasteiger partial charge is 0.418 e. The van der Waals surface area contributed by atoms with Gasteiger partial charge >= 0.3 is 6.18 Å². The highest BCUT2D eigenvalue weighted by Crippen LogP contribution is 2.39. The molecule has 10 heteroatoms. The molecule has 3 rings (SSSR count). The number of nitrogens with one attached hydrogen (secondary N) is 1. The Balaban J connectivity index is 2.00. The van der Waals surface area contributed by atoms with Crippen molar-refractivity contribution in [2.45, 2.75) is 31.2 Å². The van der Waals surface area contributed by atoms with Gasteiger partial charge in [0, 0.05) is 12.2 Å². The summed E-state index contributed by atoms with van der Waals surface area (Å²) in [4.78, 5) is 8.17. The van der Waals surface area contributed by atoms with Crippen molar-refractivity contribution in [2.24, 2.45) is 5.73 Å². The number of aromatic nitrogens is 2. The standard InChI is InChI=1S/C23H24F4N4OS/c1-2-33(21-10-5-9-19(24)29-21)31-20-12-11-18(23(25,26)27)22(30-20)17-8-4-3-7-16(17)15-32-14-6-13-28/h2-5,7-12H,6,13-15,28H2,1H3,(H,30,31). The molecule has 0 aliphatic heterocycles. The average Bonchev–Trinajstić information content (AvgIpc) is 2.80. The summed E-state index contributed by atoms with van der Waals surface area (Å²) in [5.41, 5.74) is 5.31. The molecule has 1 unspecified atom stereocenters. The van der Waals surface area contributed by atoms with Crippen LogP contribution in [0.15, 0.2) is 59.6 Å². The summed E-state index contributed by atoms with van der Waals surface area (Å²) in [5.74, 6) is -0.428. The lowest BCUT2D eigenvalue weighted by Crippen LogP contribution is -2.11. The fourth-order valence-electron chi connectivity index (χ4n) is 3.05. The molecule has 0 saturated carbocycles. The Labute approximate surface area is 192 Å². The lowest BCUT2D eigenvalue weighted by molar-refractivity contribution is -0.137. The van der Waals surface area contributed by atoms with E-state index in [0.29, 0.717) is 35.7 Å². The minimum absolute atomic E-state index is 0.132. The summed E-state index contributed by atoms with van der Waals surface area (Å²) < 4.78 is 63.7. The van der Waals surface area contributed by atoms with E-state index in [-0.39, 0.29) is 18.1 Å². The second-order valence-electron chi connectivity index (χ2n) is 6.92. The van der Waals surface area contributed by atoms with Gasteiger partial charge in [0.1, 0.15) is 10.8 Å². The van der Waals surface area contributed by atoms with Crippen LogP contribution in [0.5, 0.6) is 0 Å². The molecule has 0 saturated heterocycles. The average molecular weight is 481 g/mol. The van der Waals surface area contributed by atoms with E-state index in [2.05, 4.69) is 14.7 Å². The van der Waals surface area contributed by atoms with Crippen LogP contribution < -0.4 is 10.5 Å². The number of nitrogens with two attached hydrogens (primary N) is 1. The molecule has 33 heavy (non-hydrogen) atoms. The van der Waals surface area contributed by atoms with E-state index in [1.54, 1.807) is 42.6 Å². The third-order valence-electron chi connectivity index (χ3n) is 4.59. The van der Waals surface area contributed by atoms with Crippen molar-refractivity contribution in [3.63, 3.8) is 0 Å². The predicted octanol–water partition coefficient (Wildman–Crippen LogP) is 5.64. The second kappa shape index (κ2) is 11.4. The summed E-state index contributed by atoms with van der Waals surface area (Å²) >= 11 is 0. The minimum Gasteiger partial charge on any atom is -0.377 e. The third-order valence-corrected chi connectivity index (χ3v) is 6.17. The Kier molecular flexibility index (Phi) is 8.54. The monoisotopic (exact) mass is 480 g/mol. The molecule has 3 aromatic rings. The molecule has 0 fully saturated rings.